The predicted octanol–water partition coefficient (Wildman–Crippen LogP) is 1.56. The van der Waals surface area contributed by atoms with E-state index < -0.39 is 5.24 Å². The number of hydrogen-bond acceptors (Lipinski definition) is 3. The van der Waals surface area contributed by atoms with Crippen LogP contribution in [0.1, 0.15) is 5.69 Å². The zero-order chi connectivity index (χ0) is 8.27. The molecule has 0 saturated heterocycles. The lowest BCUT2D eigenvalue weighted by Gasteiger charge is -1.95. The van der Waals surface area contributed by atoms with Crippen LogP contribution in [-0.2, 0) is 0 Å². The van der Waals surface area contributed by atoms with Crippen LogP contribution < -0.4 is 5.73 Å². The quantitative estimate of drug-likeness (QED) is 0.647. The fourth-order valence-electron chi connectivity index (χ4n) is 0.631. The Labute approximate surface area is 69.0 Å². The van der Waals surface area contributed by atoms with E-state index in [-0.39, 0.29) is 0 Å². The van der Waals surface area contributed by atoms with Crippen molar-refractivity contribution in [2.45, 2.75) is 11.8 Å². The number of hydrogen-bond donors (Lipinski definition) is 1. The molecule has 2 N–H and O–H groups in total. The molecule has 0 radical (unpaired) electrons. The highest BCUT2D eigenvalue weighted by Gasteiger charge is 1.97. The molecular formula is C7H8N2OS. The molecule has 1 rings (SSSR count). The molecule has 1 aromatic heterocycles. The van der Waals surface area contributed by atoms with Gasteiger partial charge in [0.2, 0.25) is 0 Å². The average molecular weight is 168 g/mol. The molecule has 3 nitrogen and oxygen atoms in total. The van der Waals surface area contributed by atoms with Gasteiger partial charge in [-0.15, -0.1) is 0 Å². The Hall–Kier alpha value is -1.03. The van der Waals surface area contributed by atoms with Gasteiger partial charge in [0.15, 0.2) is 0 Å². The minimum Gasteiger partial charge on any atom is -0.360 e. The first-order valence-corrected chi connectivity index (χ1v) is 3.90. The summed E-state index contributed by atoms with van der Waals surface area (Å²) in [6.07, 6.45) is 1.63. The van der Waals surface area contributed by atoms with Crippen molar-refractivity contribution in [1.82, 2.24) is 4.98 Å². The summed E-state index contributed by atoms with van der Waals surface area (Å²) < 4.78 is 0. The number of rotatable bonds is 1. The van der Waals surface area contributed by atoms with E-state index in [9.17, 15) is 4.79 Å². The number of thioether (sulfide) groups is 1. The number of carbonyl (C=O) groups is 1. The topological polar surface area (TPSA) is 56.0 Å². The van der Waals surface area contributed by atoms with E-state index in [2.05, 4.69) is 4.98 Å². The summed E-state index contributed by atoms with van der Waals surface area (Å²) in [5.41, 5.74) is 5.89. The number of nitrogens with zero attached hydrogens (tertiary/aromatic N) is 1. The van der Waals surface area contributed by atoms with Gasteiger partial charge in [-0.25, -0.2) is 0 Å². The molecule has 0 spiro atoms. The van der Waals surface area contributed by atoms with Crippen LogP contribution in [0.3, 0.4) is 0 Å². The molecule has 0 bridgehead atoms. The molecule has 11 heavy (non-hydrogen) atoms. The molecule has 58 valence electrons. The molecule has 0 aliphatic rings. The second kappa shape index (κ2) is 3.39. The van der Waals surface area contributed by atoms with Crippen molar-refractivity contribution in [3.63, 3.8) is 0 Å². The number of nitrogens with two attached hydrogens (primary N) is 1. The maximum atomic E-state index is 10.4. The van der Waals surface area contributed by atoms with Gasteiger partial charge in [-0.3, -0.25) is 9.78 Å². The Balaban J connectivity index is 2.74. The van der Waals surface area contributed by atoms with Gasteiger partial charge in [-0.1, -0.05) is 0 Å². The Morgan fingerprint density at radius 2 is 2.36 bits per heavy atom. The normalized spacial score (nSPS) is 9.55. The summed E-state index contributed by atoms with van der Waals surface area (Å²) in [6.45, 7) is 1.89. The van der Waals surface area contributed by atoms with E-state index >= 15 is 0 Å². The van der Waals surface area contributed by atoms with Crippen molar-refractivity contribution in [3.8, 4) is 0 Å². The third kappa shape index (κ3) is 2.59. The maximum Gasteiger partial charge on any atom is 0.281 e. The lowest BCUT2D eigenvalue weighted by Crippen LogP contribution is -2.01. The van der Waals surface area contributed by atoms with Gasteiger partial charge in [0, 0.05) is 16.8 Å². The Morgan fingerprint density at radius 1 is 1.64 bits per heavy atom. The number of primary amides is 1. The molecule has 4 heteroatoms. The van der Waals surface area contributed by atoms with Gasteiger partial charge in [0.05, 0.1) is 0 Å². The van der Waals surface area contributed by atoms with E-state index in [0.29, 0.717) is 0 Å². The summed E-state index contributed by atoms with van der Waals surface area (Å²) >= 11 is 0.984. The van der Waals surface area contributed by atoms with Gasteiger partial charge >= 0.3 is 0 Å². The van der Waals surface area contributed by atoms with Crippen molar-refractivity contribution in [2.75, 3.05) is 0 Å². The molecule has 0 aliphatic carbocycles. The highest BCUT2D eigenvalue weighted by atomic mass is 32.2. The molecule has 1 aromatic rings. The van der Waals surface area contributed by atoms with Crippen molar-refractivity contribution >= 4 is 17.0 Å². The smallest absolute Gasteiger partial charge is 0.281 e. The Morgan fingerprint density at radius 3 is 2.82 bits per heavy atom. The van der Waals surface area contributed by atoms with E-state index in [1.165, 1.54) is 0 Å². The molecule has 0 atom stereocenters. The largest absolute Gasteiger partial charge is 0.360 e. The van der Waals surface area contributed by atoms with Crippen molar-refractivity contribution < 1.29 is 4.79 Å². The first-order valence-electron chi connectivity index (χ1n) is 3.08. The van der Waals surface area contributed by atoms with Crippen molar-refractivity contribution in [2.24, 2.45) is 5.73 Å². The number of carbonyl (C=O) groups excluding carboxylic acids is 1. The highest BCUT2D eigenvalue weighted by molar-refractivity contribution is 8.13. The number of amides is 1. The Kier molecular flexibility index (Phi) is 2.48. The first kappa shape index (κ1) is 8.07. The van der Waals surface area contributed by atoms with E-state index in [1.807, 2.05) is 19.1 Å². The fraction of sp³-hybridized carbons (Fsp3) is 0.143. The van der Waals surface area contributed by atoms with Gasteiger partial charge in [-0.2, -0.15) is 0 Å². The summed E-state index contributed by atoms with van der Waals surface area (Å²) in [4.78, 5) is 15.2. The average Bonchev–Trinajstić information content (AvgIpc) is 1.93. The van der Waals surface area contributed by atoms with Crippen LogP contribution in [0.25, 0.3) is 0 Å². The van der Waals surface area contributed by atoms with Crippen molar-refractivity contribution in [1.29, 1.82) is 0 Å². The van der Waals surface area contributed by atoms with Gasteiger partial charge < -0.3 is 5.73 Å². The third-order valence-corrected chi connectivity index (χ3v) is 1.78. The first-order chi connectivity index (χ1) is 5.18. The van der Waals surface area contributed by atoms with Crippen LogP contribution in [0.15, 0.2) is 23.2 Å². The van der Waals surface area contributed by atoms with Crippen LogP contribution in [0.4, 0.5) is 4.79 Å². The van der Waals surface area contributed by atoms with E-state index in [1.54, 1.807) is 6.20 Å². The van der Waals surface area contributed by atoms with Gasteiger partial charge in [-0.05, 0) is 30.8 Å². The minimum atomic E-state index is -0.407. The summed E-state index contributed by atoms with van der Waals surface area (Å²) in [6, 6.07) is 3.66. The molecular weight excluding hydrogens is 160 g/mol. The zero-order valence-electron chi connectivity index (χ0n) is 6.07. The van der Waals surface area contributed by atoms with Gasteiger partial charge in [0.25, 0.3) is 5.24 Å². The zero-order valence-corrected chi connectivity index (χ0v) is 6.89. The number of pyridine rings is 1. The molecule has 1 heterocycles. The lowest BCUT2D eigenvalue weighted by atomic mass is 10.4. The number of aromatic nitrogens is 1. The summed E-state index contributed by atoms with van der Waals surface area (Å²) in [5.74, 6) is 0. The van der Waals surface area contributed by atoms with Crippen LogP contribution >= 0.6 is 11.8 Å². The SMILES string of the molecule is Cc1ccc(SC(N)=O)cn1. The van der Waals surface area contributed by atoms with Crippen LogP contribution in [-0.4, -0.2) is 10.2 Å². The van der Waals surface area contributed by atoms with Gasteiger partial charge in [0.1, 0.15) is 0 Å². The summed E-state index contributed by atoms with van der Waals surface area (Å²) in [7, 11) is 0. The second-order valence-corrected chi connectivity index (χ2v) is 3.13. The van der Waals surface area contributed by atoms with Crippen LogP contribution in [0.5, 0.6) is 0 Å². The highest BCUT2D eigenvalue weighted by Crippen LogP contribution is 2.15. The lowest BCUT2D eigenvalue weighted by molar-refractivity contribution is 0.267. The van der Waals surface area contributed by atoms with E-state index in [0.717, 1.165) is 22.4 Å². The maximum absolute atomic E-state index is 10.4. The summed E-state index contributed by atoms with van der Waals surface area (Å²) in [5, 5.41) is -0.407. The molecule has 0 fully saturated rings. The van der Waals surface area contributed by atoms with E-state index in [4.69, 9.17) is 5.73 Å². The fourth-order valence-corrected chi connectivity index (χ4v) is 1.10. The number of aryl methyl sites for hydroxylation is 1. The minimum absolute atomic E-state index is 0.407. The molecule has 1 amide bonds. The standard InChI is InChI=1S/C7H8N2OS/c1-5-2-3-6(4-9-5)11-7(8)10/h2-4H,1H3,(H2,8,10). The monoisotopic (exact) mass is 168 g/mol. The van der Waals surface area contributed by atoms with Crippen LogP contribution in [0, 0.1) is 6.92 Å². The second-order valence-electron chi connectivity index (χ2n) is 2.06. The molecule has 0 unspecified atom stereocenters. The molecule has 0 aromatic carbocycles. The Bertz CT molecular complexity index is 258. The third-order valence-electron chi connectivity index (χ3n) is 1.10. The molecule has 0 aliphatic heterocycles. The predicted molar refractivity (Wildman–Crippen MR) is 44.4 cm³/mol. The van der Waals surface area contributed by atoms with Crippen molar-refractivity contribution in [3.05, 3.63) is 24.0 Å². The molecule has 0 saturated carbocycles. The van der Waals surface area contributed by atoms with Crippen LogP contribution in [0.2, 0.25) is 0 Å².